The van der Waals surface area contributed by atoms with Gasteiger partial charge in [0, 0.05) is 25.1 Å². The quantitative estimate of drug-likeness (QED) is 0.560. The van der Waals surface area contributed by atoms with Crippen LogP contribution in [0.5, 0.6) is 0 Å². The Morgan fingerprint density at radius 2 is 2.03 bits per heavy atom. The van der Waals surface area contributed by atoms with Gasteiger partial charge in [-0.1, -0.05) is 6.07 Å². The Labute approximate surface area is 186 Å². The summed E-state index contributed by atoms with van der Waals surface area (Å²) >= 11 is 0. The molecule has 32 heavy (non-hydrogen) atoms. The Kier molecular flexibility index (Phi) is 5.04. The number of hydrogen-bond acceptors (Lipinski definition) is 6. The zero-order chi connectivity index (χ0) is 22.2. The fourth-order valence-corrected chi connectivity index (χ4v) is 4.12. The van der Waals surface area contributed by atoms with Crippen molar-refractivity contribution in [2.75, 3.05) is 0 Å². The molecule has 1 amide bonds. The fourth-order valence-electron chi connectivity index (χ4n) is 4.12. The van der Waals surface area contributed by atoms with Gasteiger partial charge in [0.1, 0.15) is 11.3 Å². The van der Waals surface area contributed by atoms with Crippen molar-refractivity contribution in [1.82, 2.24) is 30.7 Å². The summed E-state index contributed by atoms with van der Waals surface area (Å²) in [5.74, 6) is 0.503. The molecule has 0 bridgehead atoms. The number of fused-ring (bicyclic) bond motifs is 1. The molecule has 5 rings (SSSR count). The van der Waals surface area contributed by atoms with Crippen LogP contribution in [0.15, 0.2) is 48.6 Å². The number of amides is 1. The lowest BCUT2D eigenvalue weighted by molar-refractivity contribution is -0.118. The van der Waals surface area contributed by atoms with Crippen molar-refractivity contribution in [2.45, 2.75) is 45.7 Å². The van der Waals surface area contributed by atoms with Gasteiger partial charge in [-0.05, 0) is 73.1 Å². The number of benzene rings is 1. The highest BCUT2D eigenvalue weighted by Crippen LogP contribution is 2.39. The van der Waals surface area contributed by atoms with E-state index in [1.165, 1.54) is 18.4 Å². The molecule has 3 aromatic rings. The minimum absolute atomic E-state index is 0.202. The molecular weight excluding hydrogens is 402 g/mol. The lowest BCUT2D eigenvalue weighted by Gasteiger charge is -2.13. The highest BCUT2D eigenvalue weighted by Gasteiger charge is 2.24. The molecule has 0 saturated heterocycles. The van der Waals surface area contributed by atoms with Crippen LogP contribution in [0, 0.1) is 25.2 Å². The molecule has 8 heteroatoms. The number of aryl methyl sites for hydroxylation is 2. The Morgan fingerprint density at radius 1 is 1.25 bits per heavy atom. The fraction of sp³-hybridized carbons (Fsp3) is 0.292. The molecule has 0 unspecified atom stereocenters. The van der Waals surface area contributed by atoms with Gasteiger partial charge in [0.15, 0.2) is 0 Å². The summed E-state index contributed by atoms with van der Waals surface area (Å²) in [4.78, 5) is 17.3. The number of hydrazine groups is 2. The van der Waals surface area contributed by atoms with Gasteiger partial charge in [0.2, 0.25) is 0 Å². The predicted octanol–water partition coefficient (Wildman–Crippen LogP) is 2.68. The van der Waals surface area contributed by atoms with Gasteiger partial charge in [-0.3, -0.25) is 15.2 Å². The Bertz CT molecular complexity index is 1260. The van der Waals surface area contributed by atoms with E-state index in [-0.39, 0.29) is 5.91 Å². The third-order valence-electron chi connectivity index (χ3n) is 6.02. The van der Waals surface area contributed by atoms with E-state index in [0.717, 1.165) is 28.0 Å². The van der Waals surface area contributed by atoms with E-state index in [0.29, 0.717) is 30.3 Å². The first kappa shape index (κ1) is 20.1. The second-order valence-electron chi connectivity index (χ2n) is 8.52. The molecular formula is C24H25N7O. The van der Waals surface area contributed by atoms with Crippen LogP contribution in [0.25, 0.3) is 5.65 Å². The molecule has 1 aromatic carbocycles. The molecule has 162 valence electrons. The molecule has 0 radical (unpaired) electrons. The standard InChI is InChI=1S/C24H25N7O/c1-15-7-17(9-25)8-16(2)21(15)10-26-24(32)22-14-31(29-28-22)13-20-12-30-11-19(18-3-4-18)5-6-23(30)27-20/h5-8,11-12,14,18,28-29H,3-4,10,13H2,1-2H3,(H,26,32). The van der Waals surface area contributed by atoms with Crippen LogP contribution in [-0.2, 0) is 17.9 Å². The molecule has 2 aliphatic rings. The van der Waals surface area contributed by atoms with E-state index < -0.39 is 0 Å². The van der Waals surface area contributed by atoms with E-state index in [2.05, 4.69) is 50.1 Å². The van der Waals surface area contributed by atoms with Crippen LogP contribution in [-0.4, -0.2) is 20.3 Å². The van der Waals surface area contributed by atoms with E-state index in [9.17, 15) is 4.79 Å². The maximum Gasteiger partial charge on any atom is 0.270 e. The van der Waals surface area contributed by atoms with Gasteiger partial charge in [-0.15, -0.1) is 5.53 Å². The van der Waals surface area contributed by atoms with Crippen LogP contribution >= 0.6 is 0 Å². The first-order valence-electron chi connectivity index (χ1n) is 10.8. The minimum atomic E-state index is -0.202. The monoisotopic (exact) mass is 427 g/mol. The number of nitrogens with zero attached hydrogens (tertiary/aromatic N) is 4. The van der Waals surface area contributed by atoms with Gasteiger partial charge in [0.05, 0.1) is 23.9 Å². The number of nitrogens with one attached hydrogen (secondary N) is 3. The number of imidazole rings is 1. The van der Waals surface area contributed by atoms with Crippen LogP contribution in [0.4, 0.5) is 0 Å². The van der Waals surface area contributed by atoms with Crippen molar-refractivity contribution in [3.8, 4) is 6.07 Å². The molecule has 2 aromatic heterocycles. The van der Waals surface area contributed by atoms with Gasteiger partial charge in [-0.2, -0.15) is 5.26 Å². The first-order chi connectivity index (χ1) is 15.5. The maximum atomic E-state index is 12.6. The largest absolute Gasteiger partial charge is 0.347 e. The maximum absolute atomic E-state index is 12.6. The molecule has 0 spiro atoms. The molecule has 3 heterocycles. The summed E-state index contributed by atoms with van der Waals surface area (Å²) in [6.07, 6.45) is 8.49. The van der Waals surface area contributed by atoms with E-state index in [1.54, 1.807) is 11.2 Å². The number of carbonyl (C=O) groups excluding carboxylic acids is 1. The summed E-state index contributed by atoms with van der Waals surface area (Å²) < 4.78 is 2.08. The first-order valence-corrected chi connectivity index (χ1v) is 10.8. The number of nitriles is 1. The molecule has 1 saturated carbocycles. The van der Waals surface area contributed by atoms with Crippen molar-refractivity contribution >= 4 is 11.6 Å². The topological polar surface area (TPSA) is 97.5 Å². The third kappa shape index (κ3) is 4.03. The number of pyridine rings is 1. The van der Waals surface area contributed by atoms with Gasteiger partial charge >= 0.3 is 0 Å². The van der Waals surface area contributed by atoms with Crippen LogP contribution in [0.2, 0.25) is 0 Å². The normalized spacial score (nSPS) is 15.4. The smallest absolute Gasteiger partial charge is 0.270 e. The lowest BCUT2D eigenvalue weighted by Crippen LogP contribution is -2.38. The van der Waals surface area contributed by atoms with Crippen LogP contribution in [0.1, 0.15) is 52.3 Å². The minimum Gasteiger partial charge on any atom is -0.347 e. The lowest BCUT2D eigenvalue weighted by atomic mass is 9.99. The number of rotatable bonds is 6. The molecule has 8 nitrogen and oxygen atoms in total. The summed E-state index contributed by atoms with van der Waals surface area (Å²) in [6, 6.07) is 10.1. The number of hydrogen-bond donors (Lipinski definition) is 3. The van der Waals surface area contributed by atoms with Crippen molar-refractivity contribution < 1.29 is 4.79 Å². The molecule has 0 atom stereocenters. The van der Waals surface area contributed by atoms with Crippen molar-refractivity contribution in [3.05, 3.63) is 82.1 Å². The molecule has 1 aliphatic heterocycles. The van der Waals surface area contributed by atoms with Gasteiger partial charge < -0.3 is 9.72 Å². The average Bonchev–Trinajstić information content (AvgIpc) is 3.39. The summed E-state index contributed by atoms with van der Waals surface area (Å²) in [5.41, 5.74) is 13.2. The summed E-state index contributed by atoms with van der Waals surface area (Å²) in [5, 5.41) is 13.8. The number of aromatic nitrogens is 2. The highest BCUT2D eigenvalue weighted by molar-refractivity contribution is 5.92. The third-order valence-corrected chi connectivity index (χ3v) is 6.02. The summed E-state index contributed by atoms with van der Waals surface area (Å²) in [7, 11) is 0. The predicted molar refractivity (Wildman–Crippen MR) is 120 cm³/mol. The molecule has 1 aliphatic carbocycles. The zero-order valence-corrected chi connectivity index (χ0v) is 18.1. The van der Waals surface area contributed by atoms with E-state index >= 15 is 0 Å². The SMILES string of the molecule is Cc1cc(C#N)cc(C)c1CNC(=O)C1=CN(Cc2cn3cc(C4CC4)ccc3n2)NN1. The molecule has 3 N–H and O–H groups in total. The van der Waals surface area contributed by atoms with Crippen molar-refractivity contribution in [2.24, 2.45) is 0 Å². The Balaban J connectivity index is 1.22. The zero-order valence-electron chi connectivity index (χ0n) is 18.1. The Hall–Kier alpha value is -3.83. The molecule has 1 fully saturated rings. The second-order valence-corrected chi connectivity index (χ2v) is 8.52. The Morgan fingerprint density at radius 3 is 2.75 bits per heavy atom. The van der Waals surface area contributed by atoms with Crippen molar-refractivity contribution in [1.29, 1.82) is 5.26 Å². The number of carbonyl (C=O) groups is 1. The highest BCUT2D eigenvalue weighted by atomic mass is 16.2. The van der Waals surface area contributed by atoms with Gasteiger partial charge in [0.25, 0.3) is 5.91 Å². The van der Waals surface area contributed by atoms with Crippen molar-refractivity contribution in [3.63, 3.8) is 0 Å². The summed E-state index contributed by atoms with van der Waals surface area (Å²) in [6.45, 7) is 4.83. The van der Waals surface area contributed by atoms with Crippen LogP contribution in [0.3, 0.4) is 0 Å². The van der Waals surface area contributed by atoms with E-state index in [1.807, 2.05) is 32.2 Å². The van der Waals surface area contributed by atoms with Gasteiger partial charge in [-0.25, -0.2) is 4.98 Å². The van der Waals surface area contributed by atoms with E-state index in [4.69, 9.17) is 5.26 Å². The second kappa shape index (κ2) is 8.02. The van der Waals surface area contributed by atoms with Crippen LogP contribution < -0.4 is 16.3 Å². The average molecular weight is 428 g/mol.